The molecule has 0 aromatic carbocycles. The Morgan fingerprint density at radius 1 is 1.15 bits per heavy atom. The third-order valence-corrected chi connectivity index (χ3v) is 6.23. The van der Waals surface area contributed by atoms with Gasteiger partial charge in [0, 0.05) is 25.7 Å². The molecular formula is C21H33N5O. The Morgan fingerprint density at radius 2 is 1.93 bits per heavy atom. The summed E-state index contributed by atoms with van der Waals surface area (Å²) in [5, 5.41) is 3.28. The van der Waals surface area contributed by atoms with Crippen molar-refractivity contribution >= 4 is 17.0 Å². The van der Waals surface area contributed by atoms with Gasteiger partial charge in [0.25, 0.3) is 0 Å². The fourth-order valence-electron chi connectivity index (χ4n) is 4.57. The molecule has 0 amide bonds. The number of nitrogens with zero attached hydrogens (tertiary/aromatic N) is 4. The number of ether oxygens (including phenoxy) is 1. The Balaban J connectivity index is 1.49. The number of hydrogen-bond donors (Lipinski definition) is 1. The summed E-state index contributed by atoms with van der Waals surface area (Å²) in [7, 11) is 1.95. The highest BCUT2D eigenvalue weighted by atomic mass is 16.5. The van der Waals surface area contributed by atoms with Crippen molar-refractivity contribution in [3.63, 3.8) is 0 Å². The summed E-state index contributed by atoms with van der Waals surface area (Å²) in [6.07, 6.45) is 10.9. The molecule has 3 heterocycles. The van der Waals surface area contributed by atoms with E-state index in [1.807, 2.05) is 13.2 Å². The summed E-state index contributed by atoms with van der Waals surface area (Å²) in [4.78, 5) is 11.7. The van der Waals surface area contributed by atoms with Gasteiger partial charge in [0.15, 0.2) is 0 Å². The zero-order valence-electron chi connectivity index (χ0n) is 16.8. The molecule has 2 aromatic rings. The first-order valence-electron chi connectivity index (χ1n) is 10.7. The summed E-state index contributed by atoms with van der Waals surface area (Å²) >= 11 is 0. The van der Waals surface area contributed by atoms with Crippen LogP contribution in [0.25, 0.3) is 11.0 Å². The van der Waals surface area contributed by atoms with Crippen molar-refractivity contribution in [1.82, 2.24) is 19.4 Å². The predicted molar refractivity (Wildman–Crippen MR) is 110 cm³/mol. The van der Waals surface area contributed by atoms with Crippen LogP contribution in [0, 0.1) is 5.92 Å². The summed E-state index contributed by atoms with van der Waals surface area (Å²) in [5.74, 6) is 2.49. The quantitative estimate of drug-likeness (QED) is 0.829. The Morgan fingerprint density at radius 3 is 2.67 bits per heavy atom. The van der Waals surface area contributed by atoms with Gasteiger partial charge in [0.2, 0.25) is 11.8 Å². The van der Waals surface area contributed by atoms with E-state index in [0.717, 1.165) is 29.4 Å². The molecule has 148 valence electrons. The van der Waals surface area contributed by atoms with Gasteiger partial charge < -0.3 is 14.6 Å². The third-order valence-electron chi connectivity index (χ3n) is 6.23. The normalized spacial score (nSPS) is 24.2. The fourth-order valence-corrected chi connectivity index (χ4v) is 4.57. The number of likely N-dealkylation sites (tertiary alicyclic amines) is 1. The number of aromatic nitrogens is 3. The lowest BCUT2D eigenvalue weighted by Crippen LogP contribution is -2.33. The minimum Gasteiger partial charge on any atom is -0.476 e. The highest BCUT2D eigenvalue weighted by Crippen LogP contribution is 2.36. The second kappa shape index (κ2) is 8.46. The molecule has 2 fully saturated rings. The summed E-state index contributed by atoms with van der Waals surface area (Å²) < 4.78 is 8.38. The van der Waals surface area contributed by atoms with Crippen LogP contribution in [0.2, 0.25) is 0 Å². The van der Waals surface area contributed by atoms with Crippen LogP contribution in [-0.2, 0) is 0 Å². The molecule has 1 saturated carbocycles. The van der Waals surface area contributed by atoms with Crippen molar-refractivity contribution in [2.75, 3.05) is 38.6 Å². The van der Waals surface area contributed by atoms with E-state index in [1.165, 1.54) is 58.0 Å². The van der Waals surface area contributed by atoms with Gasteiger partial charge in [-0.05, 0) is 57.5 Å². The molecule has 1 aliphatic heterocycles. The molecule has 1 saturated heterocycles. The van der Waals surface area contributed by atoms with Crippen molar-refractivity contribution in [2.45, 2.75) is 57.9 Å². The van der Waals surface area contributed by atoms with Gasteiger partial charge in [0.05, 0.1) is 11.7 Å². The molecule has 6 nitrogen and oxygen atoms in total. The molecule has 27 heavy (non-hydrogen) atoms. The van der Waals surface area contributed by atoms with Crippen LogP contribution in [-0.4, -0.2) is 52.7 Å². The Hall–Kier alpha value is -1.82. The van der Waals surface area contributed by atoms with Crippen molar-refractivity contribution in [3.8, 4) is 5.88 Å². The van der Waals surface area contributed by atoms with E-state index >= 15 is 0 Å². The van der Waals surface area contributed by atoms with E-state index in [2.05, 4.69) is 32.8 Å². The van der Waals surface area contributed by atoms with Gasteiger partial charge in [-0.3, -0.25) is 4.90 Å². The predicted octanol–water partition coefficient (Wildman–Crippen LogP) is 4.09. The van der Waals surface area contributed by atoms with Crippen LogP contribution in [0.4, 0.5) is 5.95 Å². The van der Waals surface area contributed by atoms with Crippen molar-refractivity contribution in [1.29, 1.82) is 0 Å². The smallest absolute Gasteiger partial charge is 0.215 e. The standard InChI is InChI=1S/C21H33N5O/c1-16-6-8-17(9-7-16)26-19-14-20(23-15-18(19)24-21(26)22-2)27-13-12-25-10-4-3-5-11-25/h14-17H,3-13H2,1-2H3,(H,22,24). The lowest BCUT2D eigenvalue weighted by Gasteiger charge is -2.28. The van der Waals surface area contributed by atoms with Crippen molar-refractivity contribution < 1.29 is 4.74 Å². The fraction of sp³-hybridized carbons (Fsp3) is 0.714. The lowest BCUT2D eigenvalue weighted by atomic mass is 9.87. The third kappa shape index (κ3) is 4.21. The number of piperidine rings is 1. The second-order valence-electron chi connectivity index (χ2n) is 8.23. The van der Waals surface area contributed by atoms with Crippen LogP contribution in [0.5, 0.6) is 5.88 Å². The Kier molecular flexibility index (Phi) is 5.81. The zero-order chi connectivity index (χ0) is 18.6. The topological polar surface area (TPSA) is 55.2 Å². The maximum Gasteiger partial charge on any atom is 0.215 e. The van der Waals surface area contributed by atoms with Gasteiger partial charge in [-0.25, -0.2) is 9.97 Å². The molecule has 2 aliphatic rings. The average Bonchev–Trinajstić information content (AvgIpc) is 3.07. The van der Waals surface area contributed by atoms with Crippen LogP contribution < -0.4 is 10.1 Å². The first kappa shape index (κ1) is 18.5. The Labute approximate surface area is 162 Å². The van der Waals surface area contributed by atoms with Gasteiger partial charge in [-0.1, -0.05) is 13.3 Å². The second-order valence-corrected chi connectivity index (χ2v) is 8.23. The molecule has 0 spiro atoms. The number of imidazole rings is 1. The van der Waals surface area contributed by atoms with Crippen molar-refractivity contribution in [2.24, 2.45) is 5.92 Å². The van der Waals surface area contributed by atoms with Crippen molar-refractivity contribution in [3.05, 3.63) is 12.3 Å². The molecule has 0 atom stereocenters. The van der Waals surface area contributed by atoms with Crippen LogP contribution in [0.1, 0.15) is 57.9 Å². The molecule has 0 radical (unpaired) electrons. The first-order chi connectivity index (χ1) is 13.2. The lowest BCUT2D eigenvalue weighted by molar-refractivity contribution is 0.180. The van der Waals surface area contributed by atoms with E-state index in [9.17, 15) is 0 Å². The van der Waals surface area contributed by atoms with Crippen LogP contribution in [0.3, 0.4) is 0 Å². The number of hydrogen-bond acceptors (Lipinski definition) is 5. The zero-order valence-corrected chi connectivity index (χ0v) is 16.8. The van der Waals surface area contributed by atoms with E-state index in [0.29, 0.717) is 18.5 Å². The minimum atomic E-state index is 0.511. The molecule has 0 unspecified atom stereocenters. The maximum absolute atomic E-state index is 6.00. The van der Waals surface area contributed by atoms with E-state index in [-0.39, 0.29) is 0 Å². The first-order valence-corrected chi connectivity index (χ1v) is 10.7. The van der Waals surface area contributed by atoms with Gasteiger partial charge in [0.1, 0.15) is 12.1 Å². The van der Waals surface area contributed by atoms with Crippen LogP contribution in [0.15, 0.2) is 12.3 Å². The minimum absolute atomic E-state index is 0.511. The van der Waals surface area contributed by atoms with Gasteiger partial charge >= 0.3 is 0 Å². The summed E-state index contributed by atoms with van der Waals surface area (Å²) in [5.41, 5.74) is 2.09. The molecular weight excluding hydrogens is 338 g/mol. The largest absolute Gasteiger partial charge is 0.476 e. The SMILES string of the molecule is CNc1nc2cnc(OCCN3CCCCC3)cc2n1C1CCC(C)CC1. The van der Waals surface area contributed by atoms with E-state index < -0.39 is 0 Å². The number of nitrogens with one attached hydrogen (secondary N) is 1. The molecule has 1 N–H and O–H groups in total. The molecule has 2 aromatic heterocycles. The summed E-state index contributed by atoms with van der Waals surface area (Å²) in [6, 6.07) is 2.59. The highest BCUT2D eigenvalue weighted by molar-refractivity contribution is 5.79. The van der Waals surface area contributed by atoms with Gasteiger partial charge in [-0.2, -0.15) is 0 Å². The van der Waals surface area contributed by atoms with E-state index in [1.54, 1.807) is 0 Å². The average molecular weight is 372 g/mol. The molecule has 1 aliphatic carbocycles. The number of anilines is 1. The number of rotatable bonds is 6. The molecule has 4 rings (SSSR count). The number of fused-ring (bicyclic) bond motifs is 1. The van der Waals surface area contributed by atoms with Crippen LogP contribution >= 0.6 is 0 Å². The number of pyridine rings is 1. The molecule has 6 heteroatoms. The summed E-state index contributed by atoms with van der Waals surface area (Å²) in [6.45, 7) is 6.45. The van der Waals surface area contributed by atoms with Gasteiger partial charge in [-0.15, -0.1) is 0 Å². The van der Waals surface area contributed by atoms with E-state index in [4.69, 9.17) is 9.72 Å². The molecule has 0 bridgehead atoms. The Bertz CT molecular complexity index is 744. The maximum atomic E-state index is 6.00. The monoisotopic (exact) mass is 371 g/mol. The highest BCUT2D eigenvalue weighted by Gasteiger charge is 2.24.